The number of halogens is 2. The minimum Gasteiger partial charge on any atom is -0.370 e. The van der Waals surface area contributed by atoms with Crippen molar-refractivity contribution in [3.05, 3.63) is 32.7 Å². The van der Waals surface area contributed by atoms with Crippen molar-refractivity contribution in [2.24, 2.45) is 10.7 Å². The van der Waals surface area contributed by atoms with Crippen LogP contribution in [-0.2, 0) is 0 Å². The number of guanidine groups is 1. The molecule has 0 aromatic heterocycles. The molecule has 80 valence electrons. The molecule has 0 bridgehead atoms. The van der Waals surface area contributed by atoms with Crippen LogP contribution in [0.15, 0.2) is 32.1 Å². The van der Waals surface area contributed by atoms with E-state index in [0.29, 0.717) is 5.96 Å². The molecule has 0 radical (unpaired) electrons. The largest absolute Gasteiger partial charge is 0.370 e. The molecule has 0 saturated heterocycles. The zero-order valence-electron chi connectivity index (χ0n) is 8.00. The van der Waals surface area contributed by atoms with Gasteiger partial charge in [-0.2, -0.15) is 0 Å². The molecule has 1 aliphatic rings. The normalized spacial score (nSPS) is 20.7. The quantitative estimate of drug-likeness (QED) is 0.830. The molecule has 0 amide bonds. The molecule has 1 aliphatic heterocycles. The zero-order chi connectivity index (χ0) is 10.8. The van der Waals surface area contributed by atoms with E-state index < -0.39 is 0 Å². The molecule has 1 aromatic carbocycles. The van der Waals surface area contributed by atoms with E-state index in [1.165, 1.54) is 5.56 Å². The first-order chi connectivity index (χ1) is 7.16. The molecule has 1 aromatic rings. The van der Waals surface area contributed by atoms with E-state index in [1.54, 1.807) is 0 Å². The van der Waals surface area contributed by atoms with Gasteiger partial charge in [-0.1, -0.05) is 31.9 Å². The molecule has 0 fully saturated rings. The number of nitrogens with two attached hydrogens (primary N) is 1. The Labute approximate surface area is 105 Å². The third kappa shape index (κ3) is 2.52. The number of nitrogens with zero attached hydrogens (tertiary/aromatic N) is 1. The fraction of sp³-hybridized carbons (Fsp3) is 0.300. The second kappa shape index (κ2) is 4.53. The van der Waals surface area contributed by atoms with Gasteiger partial charge in [0.15, 0.2) is 5.96 Å². The van der Waals surface area contributed by atoms with Gasteiger partial charge in [0.25, 0.3) is 0 Å². The Bertz CT molecular complexity index is 404. The Kier molecular flexibility index (Phi) is 3.31. The summed E-state index contributed by atoms with van der Waals surface area (Å²) in [4.78, 5) is 4.39. The second-order valence-electron chi connectivity index (χ2n) is 3.41. The van der Waals surface area contributed by atoms with Crippen molar-refractivity contribution in [1.29, 1.82) is 0 Å². The maximum atomic E-state index is 5.66. The average Bonchev–Trinajstić information content (AvgIpc) is 2.22. The van der Waals surface area contributed by atoms with Crippen LogP contribution in [0.1, 0.15) is 18.0 Å². The lowest BCUT2D eigenvalue weighted by molar-refractivity contribution is 0.598. The summed E-state index contributed by atoms with van der Waals surface area (Å²) < 4.78 is 2.14. The molecule has 1 atom stereocenters. The first-order valence-corrected chi connectivity index (χ1v) is 6.27. The maximum absolute atomic E-state index is 5.66. The third-order valence-electron chi connectivity index (χ3n) is 2.34. The van der Waals surface area contributed by atoms with Gasteiger partial charge < -0.3 is 11.1 Å². The van der Waals surface area contributed by atoms with Crippen LogP contribution < -0.4 is 11.1 Å². The highest BCUT2D eigenvalue weighted by Gasteiger charge is 2.17. The molecule has 5 heteroatoms. The first kappa shape index (κ1) is 11.0. The fourth-order valence-corrected chi connectivity index (χ4v) is 2.50. The number of nitrogens with one attached hydrogen (secondary N) is 1. The van der Waals surface area contributed by atoms with Crippen molar-refractivity contribution in [2.75, 3.05) is 6.54 Å². The van der Waals surface area contributed by atoms with Crippen molar-refractivity contribution in [3.63, 3.8) is 0 Å². The van der Waals surface area contributed by atoms with E-state index >= 15 is 0 Å². The Balaban J connectivity index is 2.36. The van der Waals surface area contributed by atoms with Crippen molar-refractivity contribution in [2.45, 2.75) is 12.5 Å². The van der Waals surface area contributed by atoms with Crippen LogP contribution in [0.4, 0.5) is 0 Å². The van der Waals surface area contributed by atoms with Crippen molar-refractivity contribution < 1.29 is 0 Å². The summed E-state index contributed by atoms with van der Waals surface area (Å²) in [6.45, 7) is 0.874. The lowest BCUT2D eigenvalue weighted by Gasteiger charge is -2.21. The summed E-state index contributed by atoms with van der Waals surface area (Å²) in [7, 11) is 0. The summed E-state index contributed by atoms with van der Waals surface area (Å²) >= 11 is 7.00. The van der Waals surface area contributed by atoms with E-state index in [0.717, 1.165) is 21.9 Å². The molecule has 2 rings (SSSR count). The van der Waals surface area contributed by atoms with Gasteiger partial charge in [-0.15, -0.1) is 0 Å². The number of benzene rings is 1. The number of hydrogen-bond acceptors (Lipinski definition) is 3. The lowest BCUT2D eigenvalue weighted by Crippen LogP contribution is -2.36. The maximum Gasteiger partial charge on any atom is 0.189 e. The third-order valence-corrected chi connectivity index (χ3v) is 3.55. The fourth-order valence-electron chi connectivity index (χ4n) is 1.61. The van der Waals surface area contributed by atoms with Crippen molar-refractivity contribution in [1.82, 2.24) is 5.32 Å². The second-order valence-corrected chi connectivity index (χ2v) is 5.18. The van der Waals surface area contributed by atoms with Crippen LogP contribution >= 0.6 is 31.9 Å². The van der Waals surface area contributed by atoms with E-state index in [-0.39, 0.29) is 6.04 Å². The predicted molar refractivity (Wildman–Crippen MR) is 68.8 cm³/mol. The number of rotatable bonds is 1. The average molecular weight is 333 g/mol. The van der Waals surface area contributed by atoms with Gasteiger partial charge in [0.2, 0.25) is 0 Å². The molecule has 1 unspecified atom stereocenters. The van der Waals surface area contributed by atoms with Crippen molar-refractivity contribution in [3.8, 4) is 0 Å². The van der Waals surface area contributed by atoms with Crippen molar-refractivity contribution >= 4 is 37.8 Å². The highest BCUT2D eigenvalue weighted by molar-refractivity contribution is 9.11. The van der Waals surface area contributed by atoms with Crippen LogP contribution in [0.3, 0.4) is 0 Å². The minimum atomic E-state index is 0.151. The molecule has 15 heavy (non-hydrogen) atoms. The van der Waals surface area contributed by atoms with Gasteiger partial charge in [-0.05, 0) is 30.2 Å². The first-order valence-electron chi connectivity index (χ1n) is 4.69. The Morgan fingerprint density at radius 2 is 2.20 bits per heavy atom. The number of hydrogen-bond donors (Lipinski definition) is 2. The highest BCUT2D eigenvalue weighted by atomic mass is 79.9. The highest BCUT2D eigenvalue weighted by Crippen LogP contribution is 2.31. The van der Waals surface area contributed by atoms with Crippen LogP contribution in [0.5, 0.6) is 0 Å². The minimum absolute atomic E-state index is 0.151. The van der Waals surface area contributed by atoms with E-state index in [2.05, 4.69) is 48.2 Å². The molecule has 0 aliphatic carbocycles. The number of aliphatic imine (C=N–C) groups is 1. The van der Waals surface area contributed by atoms with Gasteiger partial charge in [-0.25, -0.2) is 4.99 Å². The Morgan fingerprint density at radius 1 is 1.40 bits per heavy atom. The Morgan fingerprint density at radius 3 is 2.93 bits per heavy atom. The topological polar surface area (TPSA) is 50.4 Å². The summed E-state index contributed by atoms with van der Waals surface area (Å²) in [5.41, 5.74) is 6.84. The van der Waals surface area contributed by atoms with Crippen LogP contribution in [0.2, 0.25) is 0 Å². The van der Waals surface area contributed by atoms with Gasteiger partial charge in [0.1, 0.15) is 0 Å². The standard InChI is InChI=1S/C10H11Br2N3/c11-6-1-2-8(12)7(5-6)9-3-4-14-10(13)15-9/h1-2,5,9H,3-4H2,(H3,13,14,15). The summed E-state index contributed by atoms with van der Waals surface area (Å²) in [6, 6.07) is 6.25. The van der Waals surface area contributed by atoms with Crippen LogP contribution in [0.25, 0.3) is 0 Å². The van der Waals surface area contributed by atoms with Gasteiger partial charge in [0, 0.05) is 15.5 Å². The van der Waals surface area contributed by atoms with E-state index in [9.17, 15) is 0 Å². The van der Waals surface area contributed by atoms with Gasteiger partial charge in [-0.3, -0.25) is 0 Å². The van der Waals surface area contributed by atoms with Crippen LogP contribution in [-0.4, -0.2) is 12.5 Å². The molecular weight excluding hydrogens is 322 g/mol. The smallest absolute Gasteiger partial charge is 0.189 e. The molecule has 3 nitrogen and oxygen atoms in total. The molecule has 1 heterocycles. The SMILES string of the molecule is NC1=NC(c2cc(Br)ccc2Br)CCN1. The lowest BCUT2D eigenvalue weighted by atomic mass is 10.0. The zero-order valence-corrected chi connectivity index (χ0v) is 11.2. The van der Waals surface area contributed by atoms with E-state index in [1.807, 2.05) is 12.1 Å². The van der Waals surface area contributed by atoms with E-state index in [4.69, 9.17) is 5.73 Å². The summed E-state index contributed by atoms with van der Waals surface area (Å²) in [5, 5.41) is 3.02. The summed E-state index contributed by atoms with van der Waals surface area (Å²) in [5.74, 6) is 0.526. The molecular formula is C10H11Br2N3. The Hall–Kier alpha value is -0.550. The molecule has 3 N–H and O–H groups in total. The van der Waals surface area contributed by atoms with Gasteiger partial charge in [0.05, 0.1) is 6.04 Å². The van der Waals surface area contributed by atoms with Gasteiger partial charge >= 0.3 is 0 Å². The monoisotopic (exact) mass is 331 g/mol. The molecule has 0 spiro atoms. The molecule has 0 saturated carbocycles. The predicted octanol–water partition coefficient (Wildman–Crippen LogP) is 2.56. The van der Waals surface area contributed by atoms with Crippen LogP contribution in [0, 0.1) is 0 Å². The summed E-state index contributed by atoms with van der Waals surface area (Å²) in [6.07, 6.45) is 0.968.